The summed E-state index contributed by atoms with van der Waals surface area (Å²) in [7, 11) is 1.68. The largest absolute Gasteiger partial charge is 0.382 e. The molecule has 0 aromatic carbocycles. The minimum absolute atomic E-state index is 0.660. The number of unbranched alkanes of at least 4 members (excludes halogenated alkanes) is 1. The number of methoxy groups -OCH3 is 1. The Morgan fingerprint density at radius 1 is 0.938 bits per heavy atom. The first-order chi connectivity index (χ1) is 7.85. The molecular formula is C13H28O3. The minimum Gasteiger partial charge on any atom is -0.382 e. The van der Waals surface area contributed by atoms with Gasteiger partial charge in [-0.25, -0.2) is 0 Å². The first-order valence-corrected chi connectivity index (χ1v) is 6.49. The van der Waals surface area contributed by atoms with E-state index in [-0.39, 0.29) is 0 Å². The highest BCUT2D eigenvalue weighted by Gasteiger charge is 2.05. The second kappa shape index (κ2) is 12.9. The number of ether oxygens (including phenoxy) is 3. The summed E-state index contributed by atoms with van der Waals surface area (Å²) in [6, 6.07) is 0. The maximum Gasteiger partial charge on any atom is 0.0701 e. The van der Waals surface area contributed by atoms with E-state index in [1.165, 1.54) is 25.7 Å². The fourth-order valence-electron chi connectivity index (χ4n) is 1.51. The van der Waals surface area contributed by atoms with Crippen LogP contribution >= 0.6 is 0 Å². The van der Waals surface area contributed by atoms with Crippen LogP contribution in [0.1, 0.15) is 39.5 Å². The van der Waals surface area contributed by atoms with Crippen molar-refractivity contribution in [3.05, 3.63) is 0 Å². The average molecular weight is 232 g/mol. The minimum atomic E-state index is 0.660. The lowest BCUT2D eigenvalue weighted by molar-refractivity contribution is 0.0142. The Balaban J connectivity index is 3.20. The third-order valence-corrected chi connectivity index (χ3v) is 2.70. The fraction of sp³-hybridized carbons (Fsp3) is 1.00. The third-order valence-electron chi connectivity index (χ3n) is 2.70. The van der Waals surface area contributed by atoms with Gasteiger partial charge in [0.2, 0.25) is 0 Å². The molecule has 1 atom stereocenters. The molecule has 0 aromatic rings. The quantitative estimate of drug-likeness (QED) is 0.484. The van der Waals surface area contributed by atoms with Crippen LogP contribution in [0.2, 0.25) is 0 Å². The monoisotopic (exact) mass is 232 g/mol. The van der Waals surface area contributed by atoms with Crippen LogP contribution in [-0.4, -0.2) is 40.1 Å². The van der Waals surface area contributed by atoms with Crippen LogP contribution in [0.15, 0.2) is 0 Å². The lowest BCUT2D eigenvalue weighted by Crippen LogP contribution is -2.13. The van der Waals surface area contributed by atoms with Crippen LogP contribution in [0.4, 0.5) is 0 Å². The third kappa shape index (κ3) is 10.4. The van der Waals surface area contributed by atoms with Crippen molar-refractivity contribution in [2.24, 2.45) is 5.92 Å². The zero-order chi connectivity index (χ0) is 12.1. The van der Waals surface area contributed by atoms with E-state index in [0.717, 1.165) is 12.5 Å². The summed E-state index contributed by atoms with van der Waals surface area (Å²) < 4.78 is 15.8. The Morgan fingerprint density at radius 2 is 1.62 bits per heavy atom. The van der Waals surface area contributed by atoms with Gasteiger partial charge in [0.25, 0.3) is 0 Å². The van der Waals surface area contributed by atoms with E-state index in [0.29, 0.717) is 26.4 Å². The molecule has 1 unspecified atom stereocenters. The topological polar surface area (TPSA) is 27.7 Å². The molecule has 0 aliphatic carbocycles. The van der Waals surface area contributed by atoms with Gasteiger partial charge < -0.3 is 14.2 Å². The van der Waals surface area contributed by atoms with Crippen molar-refractivity contribution in [3.8, 4) is 0 Å². The van der Waals surface area contributed by atoms with Crippen LogP contribution < -0.4 is 0 Å². The Morgan fingerprint density at radius 3 is 2.25 bits per heavy atom. The molecule has 0 saturated heterocycles. The van der Waals surface area contributed by atoms with Gasteiger partial charge in [-0.3, -0.25) is 0 Å². The molecule has 0 bridgehead atoms. The molecule has 3 nitrogen and oxygen atoms in total. The summed E-state index contributed by atoms with van der Waals surface area (Å²) in [5.74, 6) is 0.721. The number of hydrogen-bond donors (Lipinski definition) is 0. The van der Waals surface area contributed by atoms with E-state index < -0.39 is 0 Å². The highest BCUT2D eigenvalue weighted by molar-refractivity contribution is 4.55. The van der Waals surface area contributed by atoms with Gasteiger partial charge in [0.15, 0.2) is 0 Å². The van der Waals surface area contributed by atoms with E-state index in [4.69, 9.17) is 14.2 Å². The van der Waals surface area contributed by atoms with Gasteiger partial charge in [-0.1, -0.05) is 33.1 Å². The molecule has 0 heterocycles. The van der Waals surface area contributed by atoms with Crippen LogP contribution in [0, 0.1) is 5.92 Å². The van der Waals surface area contributed by atoms with Crippen molar-refractivity contribution in [3.63, 3.8) is 0 Å². The predicted molar refractivity (Wildman–Crippen MR) is 66.8 cm³/mol. The molecule has 0 fully saturated rings. The summed E-state index contributed by atoms with van der Waals surface area (Å²) in [5.41, 5.74) is 0. The lowest BCUT2D eigenvalue weighted by atomic mass is 10.0. The molecule has 0 aromatic heterocycles. The SMILES string of the molecule is CCCCC(CC)COCCOCCOC. The molecule has 0 aliphatic heterocycles. The first-order valence-electron chi connectivity index (χ1n) is 6.49. The zero-order valence-corrected chi connectivity index (χ0v) is 11.2. The standard InChI is InChI=1S/C13H28O3/c1-4-6-7-13(5-2)12-16-11-10-15-9-8-14-3/h13H,4-12H2,1-3H3. The van der Waals surface area contributed by atoms with Gasteiger partial charge in [0.1, 0.15) is 0 Å². The predicted octanol–water partition coefficient (Wildman–Crippen LogP) is 2.88. The van der Waals surface area contributed by atoms with Crippen molar-refractivity contribution in [1.29, 1.82) is 0 Å². The summed E-state index contributed by atoms with van der Waals surface area (Å²) in [6.45, 7) is 8.04. The van der Waals surface area contributed by atoms with Gasteiger partial charge in [0, 0.05) is 13.7 Å². The van der Waals surface area contributed by atoms with Crippen molar-refractivity contribution in [1.82, 2.24) is 0 Å². The van der Waals surface area contributed by atoms with E-state index in [1.807, 2.05) is 0 Å². The van der Waals surface area contributed by atoms with Crippen LogP contribution in [0.3, 0.4) is 0 Å². The second-order valence-corrected chi connectivity index (χ2v) is 4.10. The van der Waals surface area contributed by atoms with Crippen LogP contribution in [-0.2, 0) is 14.2 Å². The number of hydrogen-bond acceptors (Lipinski definition) is 3. The molecule has 0 rings (SSSR count). The fourth-order valence-corrected chi connectivity index (χ4v) is 1.51. The molecule has 98 valence electrons. The lowest BCUT2D eigenvalue weighted by Gasteiger charge is -2.14. The maximum atomic E-state index is 5.60. The Hall–Kier alpha value is -0.120. The van der Waals surface area contributed by atoms with E-state index >= 15 is 0 Å². The van der Waals surface area contributed by atoms with Crippen molar-refractivity contribution >= 4 is 0 Å². The van der Waals surface area contributed by atoms with Gasteiger partial charge >= 0.3 is 0 Å². The highest BCUT2D eigenvalue weighted by Crippen LogP contribution is 2.12. The Bertz CT molecular complexity index is 128. The first kappa shape index (κ1) is 15.9. The molecule has 3 heteroatoms. The highest BCUT2D eigenvalue weighted by atomic mass is 16.5. The number of rotatable bonds is 12. The molecular weight excluding hydrogens is 204 g/mol. The molecule has 16 heavy (non-hydrogen) atoms. The normalized spacial score (nSPS) is 12.9. The van der Waals surface area contributed by atoms with Crippen LogP contribution in [0.25, 0.3) is 0 Å². The smallest absolute Gasteiger partial charge is 0.0701 e. The summed E-state index contributed by atoms with van der Waals surface area (Å²) in [4.78, 5) is 0. The molecule has 0 spiro atoms. The van der Waals surface area contributed by atoms with E-state index in [2.05, 4.69) is 13.8 Å². The van der Waals surface area contributed by atoms with Gasteiger partial charge in [-0.2, -0.15) is 0 Å². The Labute approximate surface area is 100 Å². The van der Waals surface area contributed by atoms with Crippen LogP contribution in [0.5, 0.6) is 0 Å². The van der Waals surface area contributed by atoms with E-state index in [1.54, 1.807) is 7.11 Å². The Kier molecular flexibility index (Phi) is 12.9. The van der Waals surface area contributed by atoms with E-state index in [9.17, 15) is 0 Å². The van der Waals surface area contributed by atoms with Gasteiger partial charge in [-0.05, 0) is 12.3 Å². The molecule has 0 saturated carbocycles. The molecule has 0 radical (unpaired) electrons. The van der Waals surface area contributed by atoms with Crippen molar-refractivity contribution in [2.75, 3.05) is 40.1 Å². The van der Waals surface area contributed by atoms with Gasteiger partial charge in [-0.15, -0.1) is 0 Å². The zero-order valence-electron chi connectivity index (χ0n) is 11.2. The average Bonchev–Trinajstić information content (AvgIpc) is 2.32. The summed E-state index contributed by atoms with van der Waals surface area (Å²) in [6.07, 6.45) is 5.09. The maximum absolute atomic E-state index is 5.60. The molecule has 0 amide bonds. The van der Waals surface area contributed by atoms with Crippen molar-refractivity contribution < 1.29 is 14.2 Å². The van der Waals surface area contributed by atoms with Crippen molar-refractivity contribution in [2.45, 2.75) is 39.5 Å². The summed E-state index contributed by atoms with van der Waals surface area (Å²) in [5, 5.41) is 0. The second-order valence-electron chi connectivity index (χ2n) is 4.10. The molecule has 0 aliphatic rings. The summed E-state index contributed by atoms with van der Waals surface area (Å²) >= 11 is 0. The van der Waals surface area contributed by atoms with Gasteiger partial charge in [0.05, 0.1) is 26.4 Å². The molecule has 0 N–H and O–H groups in total.